The van der Waals surface area contributed by atoms with Gasteiger partial charge in [-0.2, -0.15) is 0 Å². The number of nitro groups is 1. The van der Waals surface area contributed by atoms with Crippen LogP contribution < -0.4 is 4.74 Å². The van der Waals surface area contributed by atoms with E-state index < -0.39 is 41.3 Å². The van der Waals surface area contributed by atoms with Gasteiger partial charge in [-0.3, -0.25) is 39.1 Å². The van der Waals surface area contributed by atoms with E-state index in [-0.39, 0.29) is 90.0 Å². The van der Waals surface area contributed by atoms with Gasteiger partial charge in [-0.25, -0.2) is 4.79 Å². The lowest BCUT2D eigenvalue weighted by molar-refractivity contribution is -0.384. The molecule has 18 nitrogen and oxygen atoms in total. The highest BCUT2D eigenvalue weighted by Gasteiger charge is 2.23. The van der Waals surface area contributed by atoms with Crippen molar-refractivity contribution < 1.29 is 53.7 Å². The van der Waals surface area contributed by atoms with Crippen LogP contribution in [-0.2, 0) is 28.7 Å². The molecule has 18 heteroatoms. The number of hydrogen-bond donors (Lipinski definition) is 3. The van der Waals surface area contributed by atoms with Crippen molar-refractivity contribution in [1.29, 1.82) is 0 Å². The molecule has 254 valence electrons. The second-order valence-corrected chi connectivity index (χ2v) is 10.2. The van der Waals surface area contributed by atoms with E-state index in [0.717, 1.165) is 0 Å². The summed E-state index contributed by atoms with van der Waals surface area (Å²) in [5.41, 5.74) is -0.184. The van der Waals surface area contributed by atoms with Gasteiger partial charge in [-0.1, -0.05) is 0 Å². The second kappa shape index (κ2) is 19.6. The third-order valence-corrected chi connectivity index (χ3v) is 6.68. The van der Waals surface area contributed by atoms with E-state index in [0.29, 0.717) is 6.61 Å². The first kappa shape index (κ1) is 37.4. The van der Waals surface area contributed by atoms with Crippen LogP contribution in [0.5, 0.6) is 5.75 Å². The van der Waals surface area contributed by atoms with Gasteiger partial charge in [0.1, 0.15) is 25.4 Å². The zero-order valence-corrected chi connectivity index (χ0v) is 25.6. The van der Waals surface area contributed by atoms with Crippen LogP contribution in [0.2, 0.25) is 0 Å². The van der Waals surface area contributed by atoms with Gasteiger partial charge in [0, 0.05) is 77.0 Å². The van der Waals surface area contributed by atoms with Crippen LogP contribution in [0, 0.1) is 10.1 Å². The minimum absolute atomic E-state index is 0.0499. The van der Waals surface area contributed by atoms with E-state index in [9.17, 15) is 49.4 Å². The molecule has 1 aromatic rings. The summed E-state index contributed by atoms with van der Waals surface area (Å²) in [7, 11) is 0. The van der Waals surface area contributed by atoms with Crippen molar-refractivity contribution in [3.05, 3.63) is 46.8 Å². The smallest absolute Gasteiger partial charge is 0.331 e. The molecule has 0 bridgehead atoms. The van der Waals surface area contributed by atoms with E-state index in [1.165, 1.54) is 51.4 Å². The van der Waals surface area contributed by atoms with Gasteiger partial charge in [0.2, 0.25) is 5.91 Å². The summed E-state index contributed by atoms with van der Waals surface area (Å²) < 4.78 is 10.6. The van der Waals surface area contributed by atoms with Crippen molar-refractivity contribution in [1.82, 2.24) is 24.5 Å². The highest BCUT2D eigenvalue weighted by molar-refractivity contribution is 5.84. The number of non-ortho nitro benzene ring substituents is 1. The van der Waals surface area contributed by atoms with Gasteiger partial charge in [0.25, 0.3) is 5.69 Å². The molecule has 3 N–H and O–H groups in total. The number of aliphatic carboxylic acids is 3. The highest BCUT2D eigenvalue weighted by atomic mass is 16.6. The summed E-state index contributed by atoms with van der Waals surface area (Å²) in [6, 6.07) is 4.88. The highest BCUT2D eigenvalue weighted by Crippen LogP contribution is 2.17. The molecule has 0 aliphatic carbocycles. The van der Waals surface area contributed by atoms with Crippen LogP contribution in [0.1, 0.15) is 6.92 Å². The number of hydrogen-bond acceptors (Lipinski definition) is 13. The minimum atomic E-state index is -1.12. The number of amides is 1. The molecule has 0 unspecified atom stereocenters. The summed E-state index contributed by atoms with van der Waals surface area (Å²) in [4.78, 5) is 78.4. The number of esters is 1. The molecule has 1 aromatic carbocycles. The fraction of sp³-hybridized carbons (Fsp3) is 0.536. The largest absolute Gasteiger partial charge is 0.480 e. The van der Waals surface area contributed by atoms with E-state index in [2.05, 4.69) is 0 Å². The van der Waals surface area contributed by atoms with Crippen molar-refractivity contribution in [3.63, 3.8) is 0 Å². The zero-order valence-electron chi connectivity index (χ0n) is 25.6. The molecule has 0 radical (unpaired) electrons. The molecule has 1 heterocycles. The van der Waals surface area contributed by atoms with E-state index >= 15 is 0 Å². The lowest BCUT2D eigenvalue weighted by Gasteiger charge is -2.32. The number of nitrogens with zero attached hydrogens (tertiary/aromatic N) is 6. The van der Waals surface area contributed by atoms with Crippen molar-refractivity contribution in [2.75, 3.05) is 91.8 Å². The summed E-state index contributed by atoms with van der Waals surface area (Å²) >= 11 is 0. The normalized spacial score (nSPS) is 15.7. The van der Waals surface area contributed by atoms with Crippen molar-refractivity contribution in [2.24, 2.45) is 0 Å². The number of rotatable bonds is 16. The van der Waals surface area contributed by atoms with Crippen LogP contribution in [0.3, 0.4) is 0 Å². The topological polar surface area (TPSA) is 224 Å². The molecule has 2 rings (SSSR count). The van der Waals surface area contributed by atoms with Gasteiger partial charge < -0.3 is 39.5 Å². The number of ether oxygens (including phenoxy) is 2. The Labute approximate surface area is 265 Å². The first-order valence-corrected chi connectivity index (χ1v) is 14.4. The van der Waals surface area contributed by atoms with Gasteiger partial charge >= 0.3 is 23.9 Å². The third kappa shape index (κ3) is 14.8. The fourth-order valence-electron chi connectivity index (χ4n) is 4.36. The molecular weight excluding hydrogens is 612 g/mol. The molecule has 0 spiro atoms. The molecule has 1 aliphatic heterocycles. The molecular formula is C28H40N6O12. The molecule has 46 heavy (non-hydrogen) atoms. The maximum absolute atomic E-state index is 13.5. The van der Waals surface area contributed by atoms with Crippen molar-refractivity contribution in [3.8, 4) is 5.75 Å². The van der Waals surface area contributed by atoms with Gasteiger partial charge in [0.05, 0.1) is 24.6 Å². The molecule has 0 fully saturated rings. The summed E-state index contributed by atoms with van der Waals surface area (Å²) in [5, 5.41) is 39.0. The standard InChI is InChI=1S/C28H40N6O12/c1-2-45-16-15-33(21-28(42)46-23-5-3-22(4-6-23)34(43)44)24(35)17-29-7-9-30(18-25(36)37)11-13-32(20-27(40)41)14-12-31(10-8-29)19-26(38)39/h3-6,11,13H,2,7-10,12,14-21H2,1H3,(H,36,37)(H,38,39)(H,40,41)/b13-11-. The fourth-order valence-corrected chi connectivity index (χ4v) is 4.36. The first-order chi connectivity index (χ1) is 21.9. The van der Waals surface area contributed by atoms with Crippen LogP contribution in [-0.4, -0.2) is 166 Å². The number of carbonyl (C=O) groups is 5. The van der Waals surface area contributed by atoms with Crippen molar-refractivity contribution in [2.45, 2.75) is 6.92 Å². The molecule has 0 atom stereocenters. The lowest BCUT2D eigenvalue weighted by atomic mass is 10.3. The maximum Gasteiger partial charge on any atom is 0.331 e. The monoisotopic (exact) mass is 652 g/mol. The number of carboxylic acids is 3. The summed E-state index contributed by atoms with van der Waals surface area (Å²) in [6.45, 7) is 1.63. The van der Waals surface area contributed by atoms with E-state index in [1.807, 2.05) is 0 Å². The lowest BCUT2D eigenvalue weighted by Crippen LogP contribution is -2.49. The van der Waals surface area contributed by atoms with Crippen LogP contribution in [0.15, 0.2) is 36.7 Å². The molecule has 1 aliphatic rings. The Balaban J connectivity index is 2.22. The first-order valence-electron chi connectivity index (χ1n) is 14.4. The number of benzene rings is 1. The van der Waals surface area contributed by atoms with Gasteiger partial charge in [-0.15, -0.1) is 0 Å². The summed E-state index contributed by atoms with van der Waals surface area (Å²) in [6.07, 6.45) is 2.89. The number of carboxylic acid groups (broad SMARTS) is 3. The van der Waals surface area contributed by atoms with Crippen LogP contribution in [0.4, 0.5) is 5.69 Å². The average Bonchev–Trinajstić information content (AvgIpc) is 2.97. The van der Waals surface area contributed by atoms with Crippen LogP contribution >= 0.6 is 0 Å². The zero-order chi connectivity index (χ0) is 34.1. The Morgan fingerprint density at radius 1 is 0.804 bits per heavy atom. The van der Waals surface area contributed by atoms with E-state index in [1.54, 1.807) is 16.7 Å². The van der Waals surface area contributed by atoms with Crippen LogP contribution in [0.25, 0.3) is 0 Å². The predicted octanol–water partition coefficient (Wildman–Crippen LogP) is -0.688. The second-order valence-electron chi connectivity index (χ2n) is 10.2. The molecule has 0 saturated heterocycles. The Bertz CT molecular complexity index is 1230. The maximum atomic E-state index is 13.5. The Kier molecular flexibility index (Phi) is 15.9. The Hall–Kier alpha value is -4.81. The van der Waals surface area contributed by atoms with Crippen molar-refractivity contribution >= 4 is 35.5 Å². The predicted molar refractivity (Wildman–Crippen MR) is 160 cm³/mol. The summed E-state index contributed by atoms with van der Waals surface area (Å²) in [5.74, 6) is -4.51. The van der Waals surface area contributed by atoms with E-state index in [4.69, 9.17) is 9.47 Å². The quantitative estimate of drug-likeness (QED) is 0.0661. The molecule has 1 amide bonds. The third-order valence-electron chi connectivity index (χ3n) is 6.68. The van der Waals surface area contributed by atoms with Gasteiger partial charge in [-0.05, 0) is 19.1 Å². The minimum Gasteiger partial charge on any atom is -0.480 e. The SMILES string of the molecule is CCOCCN(CC(=O)Oc1ccc([N+](=O)[O-])cc1)C(=O)CN1CCN(CC(=O)O)/C=C\N(CC(=O)O)CCN(CC(=O)O)CC1. The Morgan fingerprint density at radius 3 is 1.78 bits per heavy atom. The Morgan fingerprint density at radius 2 is 1.30 bits per heavy atom. The molecule has 0 aromatic heterocycles. The number of nitro benzene ring substituents is 1. The number of carbonyl (C=O) groups excluding carboxylic acids is 2. The molecule has 0 saturated carbocycles. The average molecular weight is 653 g/mol. The van der Waals surface area contributed by atoms with Gasteiger partial charge in [0.15, 0.2) is 0 Å².